The van der Waals surface area contributed by atoms with Gasteiger partial charge in [-0.15, -0.1) is 0 Å². The molecule has 1 radical (unpaired) electrons. The number of rotatable bonds is 4. The number of ether oxygens (including phenoxy) is 1. The molecule has 1 heterocycles. The van der Waals surface area contributed by atoms with Crippen LogP contribution in [0.2, 0.25) is 0 Å². The predicted octanol–water partition coefficient (Wildman–Crippen LogP) is 3.52. The number of para-hydroxylation sites is 1. The molecule has 2 aromatic carbocycles. The van der Waals surface area contributed by atoms with E-state index in [0.717, 1.165) is 12.3 Å². The molecule has 0 spiro atoms. The highest BCUT2D eigenvalue weighted by molar-refractivity contribution is 5.79. The average Bonchev–Trinajstić information content (AvgIpc) is 2.84. The fourth-order valence-electron chi connectivity index (χ4n) is 2.07. The lowest BCUT2D eigenvalue weighted by atomic mass is 10.2. The lowest BCUT2D eigenvalue weighted by molar-refractivity contribution is 0.300. The van der Waals surface area contributed by atoms with Crippen LogP contribution in [0.4, 0.5) is 0 Å². The minimum atomic E-state index is 0.669. The fourth-order valence-corrected chi connectivity index (χ4v) is 2.07. The maximum Gasteiger partial charge on any atom is 0.119 e. The van der Waals surface area contributed by atoms with E-state index >= 15 is 0 Å². The highest BCUT2D eigenvalue weighted by atomic mass is 16.5. The molecule has 0 aliphatic heterocycles. The van der Waals surface area contributed by atoms with Gasteiger partial charge in [-0.2, -0.15) is 0 Å². The molecule has 0 unspecified atom stereocenters. The summed E-state index contributed by atoms with van der Waals surface area (Å²) in [5.41, 5.74) is 1.25. The van der Waals surface area contributed by atoms with Crippen LogP contribution in [0.15, 0.2) is 60.8 Å². The van der Waals surface area contributed by atoms with Crippen LogP contribution in [0.25, 0.3) is 10.9 Å². The normalized spacial score (nSPS) is 10.7. The highest BCUT2D eigenvalue weighted by Crippen LogP contribution is 2.15. The molecule has 0 N–H and O–H groups in total. The molecule has 0 atom stereocenters. The highest BCUT2D eigenvalue weighted by Gasteiger charge is 1.99. The van der Waals surface area contributed by atoms with Gasteiger partial charge in [0.05, 0.1) is 6.54 Å². The molecule has 1 aromatic heterocycles. The molecule has 0 saturated carbocycles. The quantitative estimate of drug-likeness (QED) is 0.676. The third-order valence-electron chi connectivity index (χ3n) is 2.97. The summed E-state index contributed by atoms with van der Waals surface area (Å²) in [7, 11) is 0. The van der Waals surface area contributed by atoms with Gasteiger partial charge < -0.3 is 9.30 Å². The number of nitrogens with zero attached hydrogens (tertiary/aromatic N) is 1. The predicted molar refractivity (Wildman–Crippen MR) is 72.7 cm³/mol. The van der Waals surface area contributed by atoms with Crippen molar-refractivity contribution in [2.24, 2.45) is 0 Å². The van der Waals surface area contributed by atoms with E-state index in [2.05, 4.69) is 47.2 Å². The number of benzene rings is 2. The molecule has 0 aliphatic rings. The van der Waals surface area contributed by atoms with Crippen LogP contribution in [0.3, 0.4) is 0 Å². The van der Waals surface area contributed by atoms with Crippen LogP contribution < -0.4 is 4.74 Å². The van der Waals surface area contributed by atoms with Crippen molar-refractivity contribution >= 4 is 10.9 Å². The molecule has 3 aromatic rings. The molecule has 0 saturated heterocycles. The van der Waals surface area contributed by atoms with Gasteiger partial charge in [-0.3, -0.25) is 0 Å². The van der Waals surface area contributed by atoms with Crippen molar-refractivity contribution < 1.29 is 4.74 Å². The molecule has 3 rings (SSSR count). The largest absolute Gasteiger partial charge is 0.492 e. The summed E-state index contributed by atoms with van der Waals surface area (Å²) in [6, 6.07) is 21.1. The second kappa shape index (κ2) is 4.96. The van der Waals surface area contributed by atoms with Crippen LogP contribution >= 0.6 is 0 Å². The Labute approximate surface area is 106 Å². The van der Waals surface area contributed by atoms with Gasteiger partial charge in [-0.05, 0) is 35.7 Å². The zero-order chi connectivity index (χ0) is 12.2. The van der Waals surface area contributed by atoms with E-state index in [1.54, 1.807) is 0 Å². The van der Waals surface area contributed by atoms with Gasteiger partial charge in [0.15, 0.2) is 0 Å². The van der Waals surface area contributed by atoms with Crippen LogP contribution in [0, 0.1) is 6.07 Å². The van der Waals surface area contributed by atoms with Crippen molar-refractivity contribution in [3.8, 4) is 5.75 Å². The Kier molecular flexibility index (Phi) is 3.01. The van der Waals surface area contributed by atoms with Gasteiger partial charge in [0.1, 0.15) is 12.4 Å². The maximum atomic E-state index is 5.69. The van der Waals surface area contributed by atoms with Gasteiger partial charge in [-0.1, -0.05) is 30.3 Å². The van der Waals surface area contributed by atoms with Crippen molar-refractivity contribution in [1.82, 2.24) is 4.57 Å². The molecule has 0 aliphatic carbocycles. The third kappa shape index (κ3) is 2.23. The smallest absolute Gasteiger partial charge is 0.119 e. The van der Waals surface area contributed by atoms with Crippen molar-refractivity contribution in [1.29, 1.82) is 0 Å². The van der Waals surface area contributed by atoms with Crippen molar-refractivity contribution in [3.63, 3.8) is 0 Å². The van der Waals surface area contributed by atoms with Crippen LogP contribution in [0.1, 0.15) is 0 Å². The Balaban J connectivity index is 1.67. The molecule has 2 nitrogen and oxygen atoms in total. The summed E-state index contributed by atoms with van der Waals surface area (Å²) in [5.74, 6) is 0.894. The Morgan fingerprint density at radius 1 is 1.00 bits per heavy atom. The van der Waals surface area contributed by atoms with E-state index in [0.29, 0.717) is 6.61 Å². The third-order valence-corrected chi connectivity index (χ3v) is 2.97. The van der Waals surface area contributed by atoms with Gasteiger partial charge >= 0.3 is 0 Å². The molecule has 89 valence electrons. The first-order valence-corrected chi connectivity index (χ1v) is 6.06. The summed E-state index contributed by atoms with van der Waals surface area (Å²) in [4.78, 5) is 0. The first-order chi connectivity index (χ1) is 8.93. The van der Waals surface area contributed by atoms with Crippen LogP contribution in [0.5, 0.6) is 5.75 Å². The SMILES string of the molecule is [c]1ccc(OCCn2ccc3ccccc32)cc1. The van der Waals surface area contributed by atoms with E-state index in [1.807, 2.05) is 24.3 Å². The van der Waals surface area contributed by atoms with Crippen molar-refractivity contribution in [3.05, 3.63) is 66.9 Å². The molecule has 18 heavy (non-hydrogen) atoms. The molecule has 0 bridgehead atoms. The zero-order valence-corrected chi connectivity index (χ0v) is 10.0. The number of hydrogen-bond donors (Lipinski definition) is 0. The zero-order valence-electron chi connectivity index (χ0n) is 10.0. The Hall–Kier alpha value is -2.22. The minimum Gasteiger partial charge on any atom is -0.492 e. The van der Waals surface area contributed by atoms with E-state index in [1.165, 1.54) is 10.9 Å². The molecule has 0 amide bonds. The fraction of sp³-hybridized carbons (Fsp3) is 0.125. The molecular weight excluding hydrogens is 222 g/mol. The molecule has 0 fully saturated rings. The first kappa shape index (κ1) is 10.9. The molecular formula is C16H14NO. The number of fused-ring (bicyclic) bond motifs is 1. The number of aromatic nitrogens is 1. The Morgan fingerprint density at radius 3 is 2.72 bits per heavy atom. The van der Waals surface area contributed by atoms with Gasteiger partial charge in [0.25, 0.3) is 0 Å². The van der Waals surface area contributed by atoms with Crippen LogP contribution in [-0.4, -0.2) is 11.2 Å². The van der Waals surface area contributed by atoms with Crippen LogP contribution in [-0.2, 0) is 6.54 Å². The lowest BCUT2D eigenvalue weighted by Crippen LogP contribution is -2.06. The second-order valence-corrected chi connectivity index (χ2v) is 4.15. The van der Waals surface area contributed by atoms with Gasteiger partial charge in [-0.25, -0.2) is 0 Å². The van der Waals surface area contributed by atoms with Gasteiger partial charge in [0.2, 0.25) is 0 Å². The van der Waals surface area contributed by atoms with Gasteiger partial charge in [0, 0.05) is 11.7 Å². The standard InChI is InChI=1S/C16H14NO/c1-2-7-15(8-3-1)18-13-12-17-11-10-14-6-4-5-9-16(14)17/h2-11H,12-13H2. The topological polar surface area (TPSA) is 14.2 Å². The van der Waals surface area contributed by atoms with E-state index < -0.39 is 0 Å². The Bertz CT molecular complexity index is 628. The van der Waals surface area contributed by atoms with E-state index in [9.17, 15) is 0 Å². The number of hydrogen-bond acceptors (Lipinski definition) is 1. The average molecular weight is 236 g/mol. The minimum absolute atomic E-state index is 0.669. The lowest BCUT2D eigenvalue weighted by Gasteiger charge is -2.08. The van der Waals surface area contributed by atoms with Crippen molar-refractivity contribution in [2.45, 2.75) is 6.54 Å². The monoisotopic (exact) mass is 236 g/mol. The van der Waals surface area contributed by atoms with E-state index in [4.69, 9.17) is 4.74 Å². The maximum absolute atomic E-state index is 5.69. The van der Waals surface area contributed by atoms with E-state index in [-0.39, 0.29) is 0 Å². The molecule has 2 heteroatoms. The summed E-state index contributed by atoms with van der Waals surface area (Å²) in [6.07, 6.45) is 2.10. The Morgan fingerprint density at radius 2 is 1.83 bits per heavy atom. The summed E-state index contributed by atoms with van der Waals surface area (Å²) in [6.45, 7) is 1.52. The summed E-state index contributed by atoms with van der Waals surface area (Å²) < 4.78 is 7.90. The summed E-state index contributed by atoms with van der Waals surface area (Å²) >= 11 is 0. The van der Waals surface area contributed by atoms with Crippen molar-refractivity contribution in [2.75, 3.05) is 6.61 Å². The first-order valence-electron chi connectivity index (χ1n) is 6.06. The second-order valence-electron chi connectivity index (χ2n) is 4.15. The summed E-state index contributed by atoms with van der Waals surface area (Å²) in [5, 5.41) is 1.27.